The van der Waals surface area contributed by atoms with Gasteiger partial charge in [-0.2, -0.15) is 0 Å². The number of hydrogen-bond donors (Lipinski definition) is 1. The molecule has 15 heavy (non-hydrogen) atoms. The van der Waals surface area contributed by atoms with Gasteiger partial charge in [0.2, 0.25) is 5.91 Å². The summed E-state index contributed by atoms with van der Waals surface area (Å²) in [6.07, 6.45) is 0. The molecule has 1 amide bonds. The van der Waals surface area contributed by atoms with Gasteiger partial charge in [0.1, 0.15) is 5.75 Å². The first-order valence-electron chi connectivity index (χ1n) is 4.59. The Morgan fingerprint density at radius 1 is 1.20 bits per heavy atom. The molecular weight excluding hydrogens is 190 g/mol. The van der Waals surface area contributed by atoms with Crippen LogP contribution in [-0.4, -0.2) is 13.0 Å². The van der Waals surface area contributed by atoms with Gasteiger partial charge in [-0.05, 0) is 17.5 Å². The second-order valence-corrected chi connectivity index (χ2v) is 3.23. The Hall–Kier alpha value is -2.03. The van der Waals surface area contributed by atoms with Crippen LogP contribution in [0.2, 0.25) is 0 Å². The average molecular weight is 201 g/mol. The Morgan fingerprint density at radius 2 is 1.87 bits per heavy atom. The summed E-state index contributed by atoms with van der Waals surface area (Å²) in [5.41, 5.74) is 5.80. The van der Waals surface area contributed by atoms with E-state index in [1.165, 1.54) is 0 Å². The molecule has 0 heterocycles. The third-order valence-corrected chi connectivity index (χ3v) is 2.35. The standard InChI is InChI=1S/C12H11NO2/c1-15-10-7-3-5-8-4-2-6-9(11(8)10)12(13)14/h2-7H,1H3,(H2,13,14). The molecule has 0 spiro atoms. The number of carbonyl (C=O) groups excluding carboxylic acids is 1. The minimum absolute atomic E-state index is 0.440. The number of methoxy groups -OCH3 is 1. The first-order valence-corrected chi connectivity index (χ1v) is 4.59. The van der Waals surface area contributed by atoms with Crippen LogP contribution in [0.5, 0.6) is 5.75 Å². The first kappa shape index (κ1) is 9.52. The number of amides is 1. The Kier molecular flexibility index (Phi) is 2.29. The van der Waals surface area contributed by atoms with Gasteiger partial charge in [-0.3, -0.25) is 4.79 Å². The molecule has 0 fully saturated rings. The summed E-state index contributed by atoms with van der Waals surface area (Å²) in [7, 11) is 1.58. The molecule has 0 atom stereocenters. The summed E-state index contributed by atoms with van der Waals surface area (Å²) in [6.45, 7) is 0. The van der Waals surface area contributed by atoms with E-state index < -0.39 is 5.91 Å². The number of hydrogen-bond acceptors (Lipinski definition) is 2. The lowest BCUT2D eigenvalue weighted by Gasteiger charge is -2.08. The number of nitrogens with two attached hydrogens (primary N) is 1. The summed E-state index contributed by atoms with van der Waals surface area (Å²) in [6, 6.07) is 11.0. The Bertz CT molecular complexity index is 515. The van der Waals surface area contributed by atoms with Crippen LogP contribution in [0.1, 0.15) is 10.4 Å². The van der Waals surface area contributed by atoms with E-state index in [0.29, 0.717) is 11.3 Å². The molecule has 0 aromatic heterocycles. The quantitative estimate of drug-likeness (QED) is 0.807. The van der Waals surface area contributed by atoms with Crippen LogP contribution in [0.15, 0.2) is 36.4 Å². The Morgan fingerprint density at radius 3 is 2.47 bits per heavy atom. The molecule has 2 N–H and O–H groups in total. The van der Waals surface area contributed by atoms with Crippen LogP contribution in [-0.2, 0) is 0 Å². The molecule has 3 heteroatoms. The zero-order valence-corrected chi connectivity index (χ0v) is 8.36. The fourth-order valence-corrected chi connectivity index (χ4v) is 1.68. The van der Waals surface area contributed by atoms with Crippen LogP contribution in [0.3, 0.4) is 0 Å². The van der Waals surface area contributed by atoms with Crippen molar-refractivity contribution in [3.63, 3.8) is 0 Å². The second-order valence-electron chi connectivity index (χ2n) is 3.23. The Balaban J connectivity index is 2.87. The third kappa shape index (κ3) is 1.52. The molecule has 0 saturated heterocycles. The van der Waals surface area contributed by atoms with Crippen molar-refractivity contribution in [2.45, 2.75) is 0 Å². The molecule has 0 aliphatic carbocycles. The van der Waals surface area contributed by atoms with Crippen molar-refractivity contribution in [3.05, 3.63) is 42.0 Å². The molecular formula is C12H11NO2. The monoisotopic (exact) mass is 201 g/mol. The summed E-state index contributed by atoms with van der Waals surface area (Å²) >= 11 is 0. The fourth-order valence-electron chi connectivity index (χ4n) is 1.68. The van der Waals surface area contributed by atoms with Gasteiger partial charge in [0.25, 0.3) is 0 Å². The van der Waals surface area contributed by atoms with Gasteiger partial charge in [-0.25, -0.2) is 0 Å². The highest BCUT2D eigenvalue weighted by Gasteiger charge is 2.09. The van der Waals surface area contributed by atoms with E-state index in [-0.39, 0.29) is 0 Å². The van der Waals surface area contributed by atoms with Gasteiger partial charge >= 0.3 is 0 Å². The van der Waals surface area contributed by atoms with E-state index in [2.05, 4.69) is 0 Å². The third-order valence-electron chi connectivity index (χ3n) is 2.35. The van der Waals surface area contributed by atoms with Crippen LogP contribution in [0.4, 0.5) is 0 Å². The predicted octanol–water partition coefficient (Wildman–Crippen LogP) is 1.95. The number of rotatable bonds is 2. The van der Waals surface area contributed by atoms with Crippen molar-refractivity contribution in [2.24, 2.45) is 5.73 Å². The number of fused-ring (bicyclic) bond motifs is 1. The van der Waals surface area contributed by atoms with Gasteiger partial charge in [0.05, 0.1) is 12.7 Å². The second kappa shape index (κ2) is 3.61. The molecule has 0 radical (unpaired) electrons. The molecule has 3 nitrogen and oxygen atoms in total. The highest BCUT2D eigenvalue weighted by atomic mass is 16.5. The van der Waals surface area contributed by atoms with Crippen LogP contribution in [0.25, 0.3) is 10.8 Å². The van der Waals surface area contributed by atoms with Crippen LogP contribution in [0, 0.1) is 0 Å². The van der Waals surface area contributed by atoms with E-state index in [1.54, 1.807) is 13.2 Å². The van der Waals surface area contributed by atoms with E-state index in [9.17, 15) is 4.79 Å². The minimum atomic E-state index is -0.440. The summed E-state index contributed by atoms with van der Waals surface area (Å²) in [4.78, 5) is 11.2. The van der Waals surface area contributed by atoms with Crippen molar-refractivity contribution in [1.29, 1.82) is 0 Å². The van der Waals surface area contributed by atoms with Crippen LogP contribution < -0.4 is 10.5 Å². The molecule has 0 bridgehead atoms. The van der Waals surface area contributed by atoms with Gasteiger partial charge in [-0.1, -0.05) is 24.3 Å². The van der Waals surface area contributed by atoms with E-state index in [0.717, 1.165) is 10.8 Å². The molecule has 0 saturated carbocycles. The predicted molar refractivity (Wildman–Crippen MR) is 59.0 cm³/mol. The lowest BCUT2D eigenvalue weighted by molar-refractivity contribution is 0.100. The van der Waals surface area contributed by atoms with Crippen molar-refractivity contribution in [3.8, 4) is 5.75 Å². The lowest BCUT2D eigenvalue weighted by Crippen LogP contribution is -2.11. The summed E-state index contributed by atoms with van der Waals surface area (Å²) < 4.78 is 5.21. The van der Waals surface area contributed by atoms with Gasteiger partial charge in [-0.15, -0.1) is 0 Å². The van der Waals surface area contributed by atoms with E-state index >= 15 is 0 Å². The average Bonchev–Trinajstić information content (AvgIpc) is 2.27. The van der Waals surface area contributed by atoms with Gasteiger partial charge < -0.3 is 10.5 Å². The maximum atomic E-state index is 11.2. The highest BCUT2D eigenvalue weighted by Crippen LogP contribution is 2.28. The topological polar surface area (TPSA) is 52.3 Å². The summed E-state index contributed by atoms with van der Waals surface area (Å²) in [5, 5.41) is 1.72. The Labute approximate surface area is 87.5 Å². The molecule has 2 aromatic carbocycles. The van der Waals surface area contributed by atoms with Crippen molar-refractivity contribution >= 4 is 16.7 Å². The number of benzene rings is 2. The molecule has 0 aliphatic rings. The number of carbonyl (C=O) groups is 1. The largest absolute Gasteiger partial charge is 0.496 e. The molecule has 2 aromatic rings. The van der Waals surface area contributed by atoms with E-state index in [1.807, 2.05) is 30.3 Å². The van der Waals surface area contributed by atoms with Gasteiger partial charge in [0.15, 0.2) is 0 Å². The smallest absolute Gasteiger partial charge is 0.249 e. The highest BCUT2D eigenvalue weighted by molar-refractivity contribution is 6.08. The fraction of sp³-hybridized carbons (Fsp3) is 0.0833. The molecule has 76 valence electrons. The lowest BCUT2D eigenvalue weighted by atomic mass is 10.0. The van der Waals surface area contributed by atoms with Crippen molar-refractivity contribution in [1.82, 2.24) is 0 Å². The van der Waals surface area contributed by atoms with Gasteiger partial charge in [0, 0.05) is 5.39 Å². The maximum Gasteiger partial charge on any atom is 0.249 e. The van der Waals surface area contributed by atoms with Crippen molar-refractivity contribution in [2.75, 3.05) is 7.11 Å². The number of primary amides is 1. The SMILES string of the molecule is COc1cccc2cccc(C(N)=O)c12. The normalized spacial score (nSPS) is 10.2. The maximum absolute atomic E-state index is 11.2. The molecule has 2 rings (SSSR count). The first-order chi connectivity index (χ1) is 7.24. The minimum Gasteiger partial charge on any atom is -0.496 e. The van der Waals surface area contributed by atoms with Crippen molar-refractivity contribution < 1.29 is 9.53 Å². The molecule has 0 aliphatic heterocycles. The number of ether oxygens (including phenoxy) is 1. The molecule has 0 unspecified atom stereocenters. The van der Waals surface area contributed by atoms with E-state index in [4.69, 9.17) is 10.5 Å². The summed E-state index contributed by atoms with van der Waals surface area (Å²) in [5.74, 6) is 0.229. The zero-order valence-electron chi connectivity index (χ0n) is 8.36. The zero-order chi connectivity index (χ0) is 10.8. The van der Waals surface area contributed by atoms with Crippen LogP contribution >= 0.6 is 0 Å².